The number of furan rings is 1. The molecular weight excluding hydrogens is 280 g/mol. The smallest absolute Gasteiger partial charge is 0.287 e. The van der Waals surface area contributed by atoms with Crippen LogP contribution in [0.5, 0.6) is 0 Å². The first-order valence-electron chi connectivity index (χ1n) is 7.23. The lowest BCUT2D eigenvalue weighted by atomic mass is 10.0. The van der Waals surface area contributed by atoms with Crippen LogP contribution in [0.1, 0.15) is 42.1 Å². The van der Waals surface area contributed by atoms with Gasteiger partial charge in [-0.05, 0) is 25.0 Å². The number of fused-ring (bicyclic) bond motifs is 1. The number of H-pyrrole nitrogens is 1. The van der Waals surface area contributed by atoms with Crippen LogP contribution in [-0.4, -0.2) is 21.1 Å². The number of para-hydroxylation sites is 1. The van der Waals surface area contributed by atoms with Gasteiger partial charge in [0.1, 0.15) is 11.4 Å². The van der Waals surface area contributed by atoms with Crippen LogP contribution >= 0.6 is 0 Å². The average molecular weight is 298 g/mol. The van der Waals surface area contributed by atoms with Gasteiger partial charge in [0.25, 0.3) is 5.91 Å². The van der Waals surface area contributed by atoms with Crippen LogP contribution in [-0.2, 0) is 0 Å². The number of aromatic nitrogens is 3. The monoisotopic (exact) mass is 298 g/mol. The second-order valence-electron chi connectivity index (χ2n) is 5.62. The van der Waals surface area contributed by atoms with Gasteiger partial charge in [0.2, 0.25) is 0 Å². The van der Waals surface area contributed by atoms with Gasteiger partial charge < -0.3 is 9.73 Å². The van der Waals surface area contributed by atoms with Crippen molar-refractivity contribution in [3.63, 3.8) is 0 Å². The lowest BCUT2D eigenvalue weighted by Gasteiger charge is -2.18. The van der Waals surface area contributed by atoms with Gasteiger partial charge in [-0.15, -0.1) is 0 Å². The van der Waals surface area contributed by atoms with E-state index in [4.69, 9.17) is 4.42 Å². The number of nitrogens with zero attached hydrogens (tertiary/aromatic N) is 2. The first-order valence-corrected chi connectivity index (χ1v) is 7.23. The summed E-state index contributed by atoms with van der Waals surface area (Å²) in [6.45, 7) is 5.85. The van der Waals surface area contributed by atoms with Crippen LogP contribution in [0.3, 0.4) is 0 Å². The molecule has 3 aromatic rings. The number of hydrogen-bond donors (Lipinski definition) is 2. The molecular formula is C16H18N4O2. The van der Waals surface area contributed by atoms with Crippen molar-refractivity contribution in [2.45, 2.75) is 26.8 Å². The Morgan fingerprint density at radius 3 is 2.73 bits per heavy atom. The summed E-state index contributed by atoms with van der Waals surface area (Å²) in [6, 6.07) is 9.00. The topological polar surface area (TPSA) is 83.8 Å². The number of amides is 1. The Kier molecular flexibility index (Phi) is 3.66. The molecule has 0 saturated heterocycles. The fourth-order valence-corrected chi connectivity index (χ4v) is 2.33. The van der Waals surface area contributed by atoms with Crippen LogP contribution in [0.15, 0.2) is 34.7 Å². The van der Waals surface area contributed by atoms with Crippen LogP contribution < -0.4 is 5.32 Å². The predicted molar refractivity (Wildman–Crippen MR) is 82.4 cm³/mol. The molecule has 2 N–H and O–H groups in total. The van der Waals surface area contributed by atoms with Gasteiger partial charge in [0.05, 0.1) is 6.04 Å². The molecule has 1 amide bonds. The van der Waals surface area contributed by atoms with Crippen molar-refractivity contribution in [2.24, 2.45) is 5.92 Å². The van der Waals surface area contributed by atoms with Crippen molar-refractivity contribution in [1.29, 1.82) is 0 Å². The molecule has 0 aliphatic heterocycles. The van der Waals surface area contributed by atoms with E-state index in [1.54, 1.807) is 6.07 Å². The summed E-state index contributed by atoms with van der Waals surface area (Å²) in [5, 5.41) is 10.8. The van der Waals surface area contributed by atoms with Crippen LogP contribution in [0.25, 0.3) is 11.0 Å². The molecule has 2 aromatic heterocycles. The molecule has 0 aliphatic rings. The number of aromatic amines is 1. The highest BCUT2D eigenvalue weighted by molar-refractivity contribution is 5.96. The lowest BCUT2D eigenvalue weighted by molar-refractivity contribution is 0.0897. The molecule has 0 saturated carbocycles. The highest BCUT2D eigenvalue weighted by Crippen LogP contribution is 2.22. The first kappa shape index (κ1) is 14.3. The minimum Gasteiger partial charge on any atom is -0.451 e. The minimum absolute atomic E-state index is 0.156. The van der Waals surface area contributed by atoms with Gasteiger partial charge in [0, 0.05) is 5.39 Å². The molecule has 0 spiro atoms. The number of carbonyl (C=O) groups is 1. The largest absolute Gasteiger partial charge is 0.451 e. The molecule has 6 heteroatoms. The molecule has 1 aromatic carbocycles. The van der Waals surface area contributed by atoms with Gasteiger partial charge >= 0.3 is 0 Å². The van der Waals surface area contributed by atoms with Crippen molar-refractivity contribution in [3.05, 3.63) is 47.7 Å². The molecule has 0 fully saturated rings. The number of nitrogens with one attached hydrogen (secondary N) is 2. The Morgan fingerprint density at radius 1 is 1.32 bits per heavy atom. The Bertz CT molecular complexity index is 770. The van der Waals surface area contributed by atoms with E-state index >= 15 is 0 Å². The molecule has 6 nitrogen and oxygen atoms in total. The van der Waals surface area contributed by atoms with E-state index < -0.39 is 0 Å². The van der Waals surface area contributed by atoms with Crippen molar-refractivity contribution in [2.75, 3.05) is 0 Å². The highest BCUT2D eigenvalue weighted by atomic mass is 16.3. The molecule has 1 atom stereocenters. The normalized spacial score (nSPS) is 12.7. The number of aryl methyl sites for hydroxylation is 1. The van der Waals surface area contributed by atoms with Crippen molar-refractivity contribution < 1.29 is 9.21 Å². The zero-order valence-corrected chi connectivity index (χ0v) is 12.8. The molecule has 2 heterocycles. The fraction of sp³-hybridized carbons (Fsp3) is 0.312. The maximum absolute atomic E-state index is 12.4. The zero-order valence-electron chi connectivity index (χ0n) is 12.8. The summed E-state index contributed by atoms with van der Waals surface area (Å²) in [7, 11) is 0. The zero-order chi connectivity index (χ0) is 15.7. The summed E-state index contributed by atoms with van der Waals surface area (Å²) in [5.74, 6) is 1.48. The summed E-state index contributed by atoms with van der Waals surface area (Å²) >= 11 is 0. The molecule has 114 valence electrons. The number of hydrogen-bond acceptors (Lipinski definition) is 4. The van der Waals surface area contributed by atoms with Crippen LogP contribution in [0, 0.1) is 12.8 Å². The Balaban J connectivity index is 1.84. The SMILES string of the molecule is Cc1nc(C(NC(=O)c2cc3ccccc3o2)C(C)C)n[nH]1. The molecule has 1 unspecified atom stereocenters. The van der Waals surface area contributed by atoms with E-state index in [0.29, 0.717) is 17.2 Å². The van der Waals surface area contributed by atoms with Crippen LogP contribution in [0.2, 0.25) is 0 Å². The van der Waals surface area contributed by atoms with E-state index in [9.17, 15) is 4.79 Å². The molecule has 3 rings (SSSR count). The number of carbonyl (C=O) groups excluding carboxylic acids is 1. The summed E-state index contributed by atoms with van der Waals surface area (Å²) < 4.78 is 5.59. The van der Waals surface area contributed by atoms with Gasteiger partial charge in [-0.2, -0.15) is 5.10 Å². The summed E-state index contributed by atoms with van der Waals surface area (Å²) in [4.78, 5) is 16.7. The van der Waals surface area contributed by atoms with Gasteiger partial charge in [0.15, 0.2) is 11.6 Å². The van der Waals surface area contributed by atoms with Crippen molar-refractivity contribution in [1.82, 2.24) is 20.5 Å². The third kappa shape index (κ3) is 2.72. The van der Waals surface area contributed by atoms with E-state index in [-0.39, 0.29) is 17.9 Å². The van der Waals surface area contributed by atoms with E-state index in [1.165, 1.54) is 0 Å². The Labute approximate surface area is 127 Å². The Morgan fingerprint density at radius 2 is 2.09 bits per heavy atom. The third-order valence-corrected chi connectivity index (χ3v) is 3.50. The first-order chi connectivity index (χ1) is 10.5. The third-order valence-electron chi connectivity index (χ3n) is 3.50. The van der Waals surface area contributed by atoms with E-state index in [0.717, 1.165) is 11.2 Å². The van der Waals surface area contributed by atoms with E-state index in [1.807, 2.05) is 45.0 Å². The van der Waals surface area contributed by atoms with E-state index in [2.05, 4.69) is 20.5 Å². The molecule has 0 aliphatic carbocycles. The lowest BCUT2D eigenvalue weighted by Crippen LogP contribution is -2.32. The molecule has 0 radical (unpaired) electrons. The number of benzene rings is 1. The maximum atomic E-state index is 12.4. The van der Waals surface area contributed by atoms with Gasteiger partial charge in [-0.1, -0.05) is 32.0 Å². The van der Waals surface area contributed by atoms with Crippen molar-refractivity contribution >= 4 is 16.9 Å². The second kappa shape index (κ2) is 5.63. The summed E-state index contributed by atoms with van der Waals surface area (Å²) in [5.41, 5.74) is 0.697. The number of rotatable bonds is 4. The predicted octanol–water partition coefficient (Wildman–Crippen LogP) is 2.99. The molecule has 22 heavy (non-hydrogen) atoms. The standard InChI is InChI=1S/C16H18N4O2/c1-9(2)14(15-17-10(3)19-20-15)18-16(21)13-8-11-6-4-5-7-12(11)22-13/h4-9,14H,1-3H3,(H,18,21)(H,17,19,20). The second-order valence-corrected chi connectivity index (χ2v) is 5.62. The van der Waals surface area contributed by atoms with Crippen LogP contribution in [0.4, 0.5) is 0 Å². The minimum atomic E-state index is -0.273. The molecule has 0 bridgehead atoms. The quantitative estimate of drug-likeness (QED) is 0.775. The Hall–Kier alpha value is -2.63. The summed E-state index contributed by atoms with van der Waals surface area (Å²) in [6.07, 6.45) is 0. The van der Waals surface area contributed by atoms with Gasteiger partial charge in [-0.3, -0.25) is 9.89 Å². The van der Waals surface area contributed by atoms with Crippen molar-refractivity contribution in [3.8, 4) is 0 Å². The van der Waals surface area contributed by atoms with Gasteiger partial charge in [-0.25, -0.2) is 4.98 Å². The highest BCUT2D eigenvalue weighted by Gasteiger charge is 2.24. The average Bonchev–Trinajstić information content (AvgIpc) is 3.10. The fourth-order valence-electron chi connectivity index (χ4n) is 2.33. The maximum Gasteiger partial charge on any atom is 0.287 e.